The number of hydrogen-bond acceptors (Lipinski definition) is 5. The molecule has 8 heteroatoms. The van der Waals surface area contributed by atoms with Crippen molar-refractivity contribution in [1.82, 2.24) is 5.01 Å². The molecule has 7 nitrogen and oxygen atoms in total. The number of anilines is 1. The number of hydrogen-bond donors (Lipinski definition) is 1. The second-order valence-electron chi connectivity index (χ2n) is 7.07. The van der Waals surface area contributed by atoms with Gasteiger partial charge in [-0.15, -0.1) is 0 Å². The van der Waals surface area contributed by atoms with Crippen LogP contribution in [0, 0.1) is 0 Å². The predicted molar refractivity (Wildman–Crippen MR) is 99.7 cm³/mol. The van der Waals surface area contributed by atoms with Crippen molar-refractivity contribution in [2.45, 2.75) is 45.1 Å². The van der Waals surface area contributed by atoms with E-state index in [1.165, 1.54) is 10.6 Å². The van der Waals surface area contributed by atoms with Crippen LogP contribution in [0.1, 0.15) is 44.6 Å². The SMILES string of the molecule is CC(C)c1ccc(NC(=O)C2=NN(C3CCS(=O)(=O)C3)C(=O)CC2)cc1. The fourth-order valence-corrected chi connectivity index (χ4v) is 4.83. The van der Waals surface area contributed by atoms with Crippen LogP contribution >= 0.6 is 0 Å². The first-order valence-electron chi connectivity index (χ1n) is 8.76. The van der Waals surface area contributed by atoms with Crippen LogP contribution < -0.4 is 5.32 Å². The van der Waals surface area contributed by atoms with Crippen LogP contribution in [-0.4, -0.2) is 48.5 Å². The Labute approximate surface area is 153 Å². The van der Waals surface area contributed by atoms with Crippen LogP contribution in [0.25, 0.3) is 0 Å². The smallest absolute Gasteiger partial charge is 0.271 e. The third-order valence-electron chi connectivity index (χ3n) is 4.71. The number of nitrogens with zero attached hydrogens (tertiary/aromatic N) is 2. The lowest BCUT2D eigenvalue weighted by Gasteiger charge is -2.27. The highest BCUT2D eigenvalue weighted by molar-refractivity contribution is 7.91. The summed E-state index contributed by atoms with van der Waals surface area (Å²) in [6.07, 6.45) is 0.781. The number of nitrogens with one attached hydrogen (secondary N) is 1. The summed E-state index contributed by atoms with van der Waals surface area (Å²) in [4.78, 5) is 24.6. The Hall–Kier alpha value is -2.22. The molecule has 140 valence electrons. The summed E-state index contributed by atoms with van der Waals surface area (Å²) in [5.74, 6) is -0.218. The van der Waals surface area contributed by atoms with E-state index in [1.807, 2.05) is 24.3 Å². The Morgan fingerprint density at radius 2 is 1.92 bits per heavy atom. The predicted octanol–water partition coefficient (Wildman–Crippen LogP) is 1.91. The highest BCUT2D eigenvalue weighted by Crippen LogP contribution is 2.23. The molecule has 1 aromatic rings. The Kier molecular flexibility index (Phi) is 5.13. The average molecular weight is 377 g/mol. The summed E-state index contributed by atoms with van der Waals surface area (Å²) in [5, 5.41) is 8.17. The normalized spacial score (nSPS) is 22.4. The van der Waals surface area contributed by atoms with Crippen molar-refractivity contribution in [3.05, 3.63) is 29.8 Å². The van der Waals surface area contributed by atoms with Gasteiger partial charge in [0.2, 0.25) is 5.91 Å². The van der Waals surface area contributed by atoms with Gasteiger partial charge in [-0.25, -0.2) is 13.4 Å². The van der Waals surface area contributed by atoms with E-state index in [4.69, 9.17) is 0 Å². The molecule has 1 aromatic carbocycles. The molecule has 0 bridgehead atoms. The monoisotopic (exact) mass is 377 g/mol. The lowest BCUT2D eigenvalue weighted by atomic mass is 10.0. The van der Waals surface area contributed by atoms with Crippen molar-refractivity contribution in [2.75, 3.05) is 16.8 Å². The van der Waals surface area contributed by atoms with E-state index in [0.717, 1.165) is 0 Å². The number of benzene rings is 1. The van der Waals surface area contributed by atoms with E-state index >= 15 is 0 Å². The zero-order valence-electron chi connectivity index (χ0n) is 14.9. The molecule has 2 amide bonds. The van der Waals surface area contributed by atoms with Crippen LogP contribution in [0.15, 0.2) is 29.4 Å². The zero-order chi connectivity index (χ0) is 18.9. The molecule has 0 aromatic heterocycles. The summed E-state index contributed by atoms with van der Waals surface area (Å²) in [5.41, 5.74) is 2.09. The summed E-state index contributed by atoms with van der Waals surface area (Å²) in [6.45, 7) is 4.19. The van der Waals surface area contributed by atoms with Gasteiger partial charge in [0.25, 0.3) is 5.91 Å². The molecule has 0 aliphatic carbocycles. The van der Waals surface area contributed by atoms with Gasteiger partial charge in [0.1, 0.15) is 5.71 Å². The molecule has 1 fully saturated rings. The van der Waals surface area contributed by atoms with Gasteiger partial charge in [-0.3, -0.25) is 9.59 Å². The lowest BCUT2D eigenvalue weighted by Crippen LogP contribution is -2.42. The number of carbonyl (C=O) groups is 2. The number of amides is 2. The number of sulfone groups is 1. The zero-order valence-corrected chi connectivity index (χ0v) is 15.8. The second-order valence-corrected chi connectivity index (χ2v) is 9.30. The van der Waals surface area contributed by atoms with Crippen molar-refractivity contribution in [2.24, 2.45) is 5.10 Å². The van der Waals surface area contributed by atoms with Crippen LogP contribution in [0.5, 0.6) is 0 Å². The molecule has 1 saturated heterocycles. The van der Waals surface area contributed by atoms with Crippen molar-refractivity contribution in [1.29, 1.82) is 0 Å². The molecular weight excluding hydrogens is 354 g/mol. The molecular formula is C18H23N3O4S. The van der Waals surface area contributed by atoms with E-state index in [-0.39, 0.29) is 41.9 Å². The largest absolute Gasteiger partial charge is 0.321 e. The van der Waals surface area contributed by atoms with Gasteiger partial charge in [-0.2, -0.15) is 5.10 Å². The standard InChI is InChI=1S/C18H23N3O4S/c1-12(2)13-3-5-14(6-4-13)19-18(23)16-7-8-17(22)21(20-16)15-9-10-26(24,25)11-15/h3-6,12,15H,7-11H2,1-2H3,(H,19,23). The first kappa shape index (κ1) is 18.6. The fourth-order valence-electron chi connectivity index (χ4n) is 3.14. The Morgan fingerprint density at radius 1 is 1.23 bits per heavy atom. The van der Waals surface area contributed by atoms with Gasteiger partial charge in [0, 0.05) is 18.5 Å². The third kappa shape index (κ3) is 4.12. The number of carbonyl (C=O) groups excluding carboxylic acids is 2. The van der Waals surface area contributed by atoms with E-state index in [0.29, 0.717) is 18.0 Å². The Morgan fingerprint density at radius 3 is 2.50 bits per heavy atom. The molecule has 2 heterocycles. The highest BCUT2D eigenvalue weighted by atomic mass is 32.2. The van der Waals surface area contributed by atoms with Crippen LogP contribution in [-0.2, 0) is 19.4 Å². The molecule has 1 N–H and O–H groups in total. The topological polar surface area (TPSA) is 95.9 Å². The molecule has 0 saturated carbocycles. The second kappa shape index (κ2) is 7.19. The van der Waals surface area contributed by atoms with Crippen molar-refractivity contribution in [3.8, 4) is 0 Å². The maximum Gasteiger partial charge on any atom is 0.271 e. The van der Waals surface area contributed by atoms with Crippen LogP contribution in [0.4, 0.5) is 5.69 Å². The Bertz CT molecular complexity index is 844. The fraction of sp³-hybridized carbons (Fsp3) is 0.500. The first-order chi connectivity index (χ1) is 12.2. The highest BCUT2D eigenvalue weighted by Gasteiger charge is 2.37. The van der Waals surface area contributed by atoms with E-state index < -0.39 is 15.9 Å². The van der Waals surface area contributed by atoms with Gasteiger partial charge < -0.3 is 5.32 Å². The first-order valence-corrected chi connectivity index (χ1v) is 10.6. The van der Waals surface area contributed by atoms with E-state index in [1.54, 1.807) is 0 Å². The van der Waals surface area contributed by atoms with Crippen molar-refractivity contribution < 1.29 is 18.0 Å². The van der Waals surface area contributed by atoms with Crippen LogP contribution in [0.2, 0.25) is 0 Å². The quantitative estimate of drug-likeness (QED) is 0.867. The minimum Gasteiger partial charge on any atom is -0.321 e. The maximum absolute atomic E-state index is 12.5. The van der Waals surface area contributed by atoms with Gasteiger partial charge >= 0.3 is 0 Å². The number of rotatable bonds is 4. The molecule has 2 aliphatic rings. The summed E-state index contributed by atoms with van der Waals surface area (Å²) < 4.78 is 23.3. The van der Waals surface area contributed by atoms with Crippen molar-refractivity contribution >= 4 is 33.1 Å². The molecule has 0 spiro atoms. The lowest BCUT2D eigenvalue weighted by molar-refractivity contribution is -0.133. The maximum atomic E-state index is 12.5. The van der Waals surface area contributed by atoms with Gasteiger partial charge in [-0.05, 0) is 30.0 Å². The third-order valence-corrected chi connectivity index (χ3v) is 6.46. The molecule has 3 rings (SSSR count). The van der Waals surface area contributed by atoms with Gasteiger partial charge in [0.15, 0.2) is 9.84 Å². The Balaban J connectivity index is 1.72. The minimum absolute atomic E-state index is 0.0562. The average Bonchev–Trinajstić information content (AvgIpc) is 2.95. The number of hydrazone groups is 1. The van der Waals surface area contributed by atoms with Gasteiger partial charge in [-0.1, -0.05) is 26.0 Å². The molecule has 0 radical (unpaired) electrons. The molecule has 2 aliphatic heterocycles. The summed E-state index contributed by atoms with van der Waals surface area (Å²) >= 11 is 0. The van der Waals surface area contributed by atoms with Crippen LogP contribution in [0.3, 0.4) is 0 Å². The minimum atomic E-state index is -3.13. The molecule has 1 atom stereocenters. The van der Waals surface area contributed by atoms with E-state index in [9.17, 15) is 18.0 Å². The van der Waals surface area contributed by atoms with Crippen molar-refractivity contribution in [3.63, 3.8) is 0 Å². The molecule has 1 unspecified atom stereocenters. The summed E-state index contributed by atoms with van der Waals surface area (Å²) in [7, 11) is -3.13. The van der Waals surface area contributed by atoms with E-state index in [2.05, 4.69) is 24.3 Å². The summed E-state index contributed by atoms with van der Waals surface area (Å²) in [6, 6.07) is 7.12. The van der Waals surface area contributed by atoms with Gasteiger partial charge in [0.05, 0.1) is 17.5 Å². The molecule has 26 heavy (non-hydrogen) atoms.